The lowest BCUT2D eigenvalue weighted by molar-refractivity contribution is 0.0944. The Kier molecular flexibility index (Phi) is 3.81. The number of H-pyrrole nitrogens is 1. The Morgan fingerprint density at radius 2 is 2.22 bits per heavy atom. The fraction of sp³-hybridized carbons (Fsp3) is 0.308. The normalized spacial score (nSPS) is 14.3. The number of amides is 1. The van der Waals surface area contributed by atoms with Crippen LogP contribution in [0.4, 0.5) is 0 Å². The number of aromatic amines is 1. The monoisotopic (exact) mass is 264 g/mol. The average Bonchev–Trinajstić information content (AvgIpc) is 2.74. The van der Waals surface area contributed by atoms with Gasteiger partial charge in [-0.3, -0.25) is 9.00 Å². The molecular weight excluding hydrogens is 248 g/mol. The maximum absolute atomic E-state index is 12.0. The number of carbonyl (C=O) groups is 1. The minimum atomic E-state index is -0.905. The third kappa shape index (κ3) is 2.98. The molecule has 0 aliphatic rings. The second-order valence-corrected chi connectivity index (χ2v) is 5.87. The third-order valence-corrected chi connectivity index (χ3v) is 3.65. The van der Waals surface area contributed by atoms with Gasteiger partial charge in [0.1, 0.15) is 0 Å². The first kappa shape index (κ1) is 12.8. The molecule has 0 radical (unpaired) electrons. The Morgan fingerprint density at radius 3 is 2.94 bits per heavy atom. The summed E-state index contributed by atoms with van der Waals surface area (Å²) in [5.74, 6) is 0.334. The van der Waals surface area contributed by atoms with Crippen molar-refractivity contribution in [3.63, 3.8) is 0 Å². The average molecular weight is 264 g/mol. The molecular formula is C13H16N2O2S. The first-order valence-electron chi connectivity index (χ1n) is 5.74. The highest BCUT2D eigenvalue weighted by molar-refractivity contribution is 7.84. The fourth-order valence-electron chi connectivity index (χ4n) is 1.89. The Morgan fingerprint density at radius 1 is 1.44 bits per heavy atom. The molecule has 5 heteroatoms. The van der Waals surface area contributed by atoms with E-state index in [0.717, 1.165) is 10.9 Å². The molecule has 0 aliphatic carbocycles. The van der Waals surface area contributed by atoms with Crippen molar-refractivity contribution in [1.29, 1.82) is 0 Å². The molecule has 2 aromatic rings. The molecule has 2 atom stereocenters. The Hall–Kier alpha value is -1.62. The summed E-state index contributed by atoms with van der Waals surface area (Å²) in [6.07, 6.45) is 3.48. The number of fused-ring (bicyclic) bond motifs is 1. The maximum Gasteiger partial charge on any atom is 0.251 e. The van der Waals surface area contributed by atoms with Crippen molar-refractivity contribution in [3.8, 4) is 0 Å². The molecule has 0 fully saturated rings. The number of benzene rings is 1. The van der Waals surface area contributed by atoms with Gasteiger partial charge >= 0.3 is 0 Å². The summed E-state index contributed by atoms with van der Waals surface area (Å²) in [7, 11) is -0.905. The highest BCUT2D eigenvalue weighted by Gasteiger charge is 2.11. The van der Waals surface area contributed by atoms with E-state index in [-0.39, 0.29) is 11.9 Å². The molecule has 96 valence electrons. The van der Waals surface area contributed by atoms with E-state index in [4.69, 9.17) is 0 Å². The van der Waals surface area contributed by atoms with E-state index < -0.39 is 10.8 Å². The molecule has 4 nitrogen and oxygen atoms in total. The largest absolute Gasteiger partial charge is 0.361 e. The Bertz CT molecular complexity index is 591. The zero-order valence-corrected chi connectivity index (χ0v) is 11.2. The van der Waals surface area contributed by atoms with Crippen LogP contribution in [0.2, 0.25) is 0 Å². The lowest BCUT2D eigenvalue weighted by Crippen LogP contribution is -2.36. The molecule has 1 heterocycles. The van der Waals surface area contributed by atoms with Crippen molar-refractivity contribution < 1.29 is 9.00 Å². The van der Waals surface area contributed by atoms with Crippen molar-refractivity contribution in [3.05, 3.63) is 36.0 Å². The molecule has 1 aromatic heterocycles. The van der Waals surface area contributed by atoms with Crippen LogP contribution < -0.4 is 5.32 Å². The molecule has 1 aromatic carbocycles. The number of hydrogen-bond donors (Lipinski definition) is 2. The van der Waals surface area contributed by atoms with Gasteiger partial charge in [-0.05, 0) is 30.5 Å². The summed E-state index contributed by atoms with van der Waals surface area (Å²) in [5.41, 5.74) is 1.55. The number of hydrogen-bond acceptors (Lipinski definition) is 2. The van der Waals surface area contributed by atoms with Gasteiger partial charge in [-0.25, -0.2) is 0 Å². The summed E-state index contributed by atoms with van der Waals surface area (Å²) in [4.78, 5) is 15.0. The van der Waals surface area contributed by atoms with Gasteiger partial charge < -0.3 is 10.3 Å². The minimum Gasteiger partial charge on any atom is -0.361 e. The standard InChI is InChI=1S/C13H16N2O2S/c1-9(8-18(2)17)15-13(16)11-4-3-10-5-6-14-12(10)7-11/h3-7,9,14H,8H2,1-2H3,(H,15,16). The molecule has 2 N–H and O–H groups in total. The van der Waals surface area contributed by atoms with Gasteiger partial charge in [0.05, 0.1) is 0 Å². The zero-order valence-electron chi connectivity index (χ0n) is 10.4. The van der Waals surface area contributed by atoms with Crippen LogP contribution in [0.3, 0.4) is 0 Å². The fourth-order valence-corrected chi connectivity index (χ4v) is 2.68. The predicted octanol–water partition coefficient (Wildman–Crippen LogP) is 1.66. The molecule has 18 heavy (non-hydrogen) atoms. The van der Waals surface area contributed by atoms with E-state index in [1.54, 1.807) is 12.3 Å². The number of nitrogens with one attached hydrogen (secondary N) is 2. The van der Waals surface area contributed by atoms with Crippen molar-refractivity contribution in [2.75, 3.05) is 12.0 Å². The van der Waals surface area contributed by atoms with E-state index in [1.165, 1.54) is 0 Å². The molecule has 1 amide bonds. The number of carbonyl (C=O) groups excluding carboxylic acids is 1. The van der Waals surface area contributed by atoms with Crippen LogP contribution in [0.5, 0.6) is 0 Å². The van der Waals surface area contributed by atoms with E-state index in [1.807, 2.05) is 31.3 Å². The summed E-state index contributed by atoms with van der Waals surface area (Å²) in [6, 6.07) is 7.38. The second-order valence-electron chi connectivity index (χ2n) is 4.39. The van der Waals surface area contributed by atoms with Gasteiger partial charge in [0.25, 0.3) is 5.91 Å². The Labute approximate surface area is 108 Å². The summed E-state index contributed by atoms with van der Waals surface area (Å²) >= 11 is 0. The first-order chi connectivity index (χ1) is 8.56. The summed E-state index contributed by atoms with van der Waals surface area (Å²) < 4.78 is 11.1. The van der Waals surface area contributed by atoms with Crippen LogP contribution in [0.15, 0.2) is 30.5 Å². The quantitative estimate of drug-likeness (QED) is 0.882. The van der Waals surface area contributed by atoms with Crippen LogP contribution in [0.25, 0.3) is 10.9 Å². The van der Waals surface area contributed by atoms with Crippen LogP contribution in [0, 0.1) is 0 Å². The van der Waals surface area contributed by atoms with Gasteiger partial charge in [0.15, 0.2) is 0 Å². The molecule has 2 unspecified atom stereocenters. The van der Waals surface area contributed by atoms with E-state index in [0.29, 0.717) is 11.3 Å². The predicted molar refractivity (Wildman–Crippen MR) is 74.2 cm³/mol. The number of rotatable bonds is 4. The van der Waals surface area contributed by atoms with Crippen LogP contribution in [-0.4, -0.2) is 33.2 Å². The van der Waals surface area contributed by atoms with Crippen molar-refractivity contribution >= 4 is 27.6 Å². The maximum atomic E-state index is 12.0. The molecule has 2 rings (SSSR count). The van der Waals surface area contributed by atoms with Crippen LogP contribution in [-0.2, 0) is 10.8 Å². The third-order valence-electron chi connectivity index (χ3n) is 2.68. The van der Waals surface area contributed by atoms with E-state index >= 15 is 0 Å². The lowest BCUT2D eigenvalue weighted by atomic mass is 10.1. The van der Waals surface area contributed by atoms with E-state index in [9.17, 15) is 9.00 Å². The first-order valence-corrected chi connectivity index (χ1v) is 7.47. The van der Waals surface area contributed by atoms with Crippen molar-refractivity contribution in [2.45, 2.75) is 13.0 Å². The summed E-state index contributed by atoms with van der Waals surface area (Å²) in [6.45, 7) is 1.85. The molecule has 0 saturated carbocycles. The van der Waals surface area contributed by atoms with Crippen molar-refractivity contribution in [2.24, 2.45) is 0 Å². The molecule has 0 spiro atoms. The number of aromatic nitrogens is 1. The zero-order chi connectivity index (χ0) is 13.1. The highest BCUT2D eigenvalue weighted by Crippen LogP contribution is 2.14. The highest BCUT2D eigenvalue weighted by atomic mass is 32.2. The van der Waals surface area contributed by atoms with Crippen LogP contribution >= 0.6 is 0 Å². The minimum absolute atomic E-state index is 0.0947. The molecule has 0 saturated heterocycles. The SMILES string of the molecule is CC(CS(C)=O)NC(=O)c1ccc2cc[nH]c2c1. The molecule has 0 aliphatic heterocycles. The van der Waals surface area contributed by atoms with Crippen molar-refractivity contribution in [1.82, 2.24) is 10.3 Å². The van der Waals surface area contributed by atoms with Gasteiger partial charge in [-0.1, -0.05) is 6.07 Å². The topological polar surface area (TPSA) is 62.0 Å². The Balaban J connectivity index is 2.10. The smallest absolute Gasteiger partial charge is 0.251 e. The van der Waals surface area contributed by atoms with E-state index in [2.05, 4.69) is 10.3 Å². The summed E-state index contributed by atoms with van der Waals surface area (Å²) in [5, 5.41) is 3.92. The lowest BCUT2D eigenvalue weighted by Gasteiger charge is -2.12. The van der Waals surface area contributed by atoms with Gasteiger partial charge in [0, 0.05) is 46.1 Å². The van der Waals surface area contributed by atoms with Crippen LogP contribution in [0.1, 0.15) is 17.3 Å². The van der Waals surface area contributed by atoms with Gasteiger partial charge in [-0.2, -0.15) is 0 Å². The van der Waals surface area contributed by atoms with Gasteiger partial charge in [-0.15, -0.1) is 0 Å². The van der Waals surface area contributed by atoms with Gasteiger partial charge in [0.2, 0.25) is 0 Å². The second kappa shape index (κ2) is 5.35. The molecule has 0 bridgehead atoms.